The van der Waals surface area contributed by atoms with E-state index in [2.05, 4.69) is 26.6 Å². The maximum atomic E-state index is 14.0. The molecule has 1 amide bonds. The second-order valence-corrected chi connectivity index (χ2v) is 10.4. The van der Waals surface area contributed by atoms with E-state index >= 15 is 0 Å². The van der Waals surface area contributed by atoms with Gasteiger partial charge in [0.25, 0.3) is 0 Å². The standard InChI is InChI=1S/C25H28BrF3N2O4S/c1-16(2)35-20(32)24(15-23(3,4)25(27,28)29,18-10-12-19(26)13-11-18)31-21(36)30-22(33)34-14-17-8-6-5-7-9-17/h5-13,16H,14-15H2,1-4H3,(H2,30,31,33,36)/t24-/m1/s1. The van der Waals surface area contributed by atoms with Gasteiger partial charge in [-0.3, -0.25) is 5.32 Å². The number of rotatable bonds is 8. The Hall–Kier alpha value is -2.66. The fourth-order valence-corrected chi connectivity index (χ4v) is 3.87. The molecule has 2 rings (SSSR count). The fraction of sp³-hybridized carbons (Fsp3) is 0.400. The molecule has 0 radical (unpaired) electrons. The number of benzene rings is 2. The summed E-state index contributed by atoms with van der Waals surface area (Å²) in [6.07, 6.45) is -6.98. The van der Waals surface area contributed by atoms with Crippen LogP contribution >= 0.6 is 28.1 Å². The molecule has 6 nitrogen and oxygen atoms in total. The highest BCUT2D eigenvalue weighted by atomic mass is 79.9. The Labute approximate surface area is 222 Å². The van der Waals surface area contributed by atoms with Gasteiger partial charge in [0.15, 0.2) is 10.7 Å². The molecule has 0 fully saturated rings. The summed E-state index contributed by atoms with van der Waals surface area (Å²) < 4.78 is 53.1. The van der Waals surface area contributed by atoms with Crippen molar-refractivity contribution in [2.45, 2.75) is 58.5 Å². The number of amides is 1. The fourth-order valence-electron chi connectivity index (χ4n) is 3.35. The third kappa shape index (κ3) is 7.92. The number of ether oxygens (including phenoxy) is 2. The molecule has 2 N–H and O–H groups in total. The van der Waals surface area contributed by atoms with Crippen molar-refractivity contribution in [2.75, 3.05) is 0 Å². The zero-order valence-corrected chi connectivity index (χ0v) is 22.6. The van der Waals surface area contributed by atoms with E-state index < -0.39 is 46.8 Å². The Morgan fingerprint density at radius 3 is 2.14 bits per heavy atom. The summed E-state index contributed by atoms with van der Waals surface area (Å²) in [5.41, 5.74) is -3.51. The second-order valence-electron chi connectivity index (χ2n) is 9.07. The number of alkyl carbamates (subject to hydrolysis) is 1. The smallest absolute Gasteiger partial charge is 0.413 e. The highest BCUT2D eigenvalue weighted by Crippen LogP contribution is 2.46. The molecule has 0 aliphatic rings. The first-order valence-corrected chi connectivity index (χ1v) is 12.2. The Balaban J connectivity index is 2.40. The van der Waals surface area contributed by atoms with Crippen LogP contribution in [-0.2, 0) is 26.4 Å². The summed E-state index contributed by atoms with van der Waals surface area (Å²) in [7, 11) is 0. The Bertz CT molecular complexity index is 1060. The van der Waals surface area contributed by atoms with Crippen LogP contribution in [0.25, 0.3) is 0 Å². The van der Waals surface area contributed by atoms with Gasteiger partial charge in [0, 0.05) is 4.47 Å². The normalized spacial score (nSPS) is 13.5. The molecule has 0 aliphatic heterocycles. The predicted molar refractivity (Wildman–Crippen MR) is 137 cm³/mol. The topological polar surface area (TPSA) is 76.7 Å². The number of carbonyl (C=O) groups is 2. The van der Waals surface area contributed by atoms with Gasteiger partial charge in [-0.05, 0) is 55.7 Å². The molecule has 36 heavy (non-hydrogen) atoms. The molecule has 0 bridgehead atoms. The van der Waals surface area contributed by atoms with Gasteiger partial charge in [0.2, 0.25) is 0 Å². The van der Waals surface area contributed by atoms with Gasteiger partial charge in [-0.25, -0.2) is 9.59 Å². The summed E-state index contributed by atoms with van der Waals surface area (Å²) in [6, 6.07) is 15.0. The Kier molecular flexibility index (Phi) is 9.90. The van der Waals surface area contributed by atoms with E-state index in [9.17, 15) is 22.8 Å². The molecule has 0 spiro atoms. The predicted octanol–water partition coefficient (Wildman–Crippen LogP) is 6.38. The van der Waals surface area contributed by atoms with Crippen LogP contribution in [0.5, 0.6) is 0 Å². The third-order valence-corrected chi connectivity index (χ3v) is 5.99. The first kappa shape index (κ1) is 29.6. The molecule has 2 aromatic rings. The van der Waals surface area contributed by atoms with E-state index in [4.69, 9.17) is 21.7 Å². The van der Waals surface area contributed by atoms with Crippen molar-refractivity contribution >= 4 is 45.3 Å². The quantitative estimate of drug-likeness (QED) is 0.275. The molecule has 196 valence electrons. The van der Waals surface area contributed by atoms with E-state index in [0.717, 1.165) is 19.4 Å². The highest BCUT2D eigenvalue weighted by Gasteiger charge is 2.56. The molecule has 0 heterocycles. The largest absolute Gasteiger partial charge is 0.461 e. The Morgan fingerprint density at radius 2 is 1.61 bits per heavy atom. The van der Waals surface area contributed by atoms with Crippen molar-refractivity contribution in [2.24, 2.45) is 5.41 Å². The van der Waals surface area contributed by atoms with E-state index in [0.29, 0.717) is 4.47 Å². The van der Waals surface area contributed by atoms with Gasteiger partial charge < -0.3 is 14.8 Å². The maximum absolute atomic E-state index is 14.0. The monoisotopic (exact) mass is 588 g/mol. The van der Waals surface area contributed by atoms with Gasteiger partial charge >= 0.3 is 18.2 Å². The molecule has 0 saturated carbocycles. The van der Waals surface area contributed by atoms with E-state index in [1.807, 2.05) is 6.07 Å². The number of alkyl halides is 3. The number of thiocarbonyl (C=S) groups is 1. The lowest BCUT2D eigenvalue weighted by molar-refractivity contribution is -0.220. The lowest BCUT2D eigenvalue weighted by Crippen LogP contribution is -2.59. The first-order chi connectivity index (χ1) is 16.7. The van der Waals surface area contributed by atoms with Gasteiger partial charge in [-0.1, -0.05) is 72.2 Å². The van der Waals surface area contributed by atoms with Crippen LogP contribution in [0.2, 0.25) is 0 Å². The summed E-state index contributed by atoms with van der Waals surface area (Å²) >= 11 is 8.52. The highest BCUT2D eigenvalue weighted by molar-refractivity contribution is 9.10. The summed E-state index contributed by atoms with van der Waals surface area (Å²) in [5, 5.41) is 4.54. The zero-order valence-electron chi connectivity index (χ0n) is 20.2. The molecule has 2 aromatic carbocycles. The van der Waals surface area contributed by atoms with Crippen molar-refractivity contribution in [3.05, 3.63) is 70.2 Å². The number of nitrogens with one attached hydrogen (secondary N) is 2. The minimum absolute atomic E-state index is 0.0519. The van der Waals surface area contributed by atoms with Crippen molar-refractivity contribution in [1.29, 1.82) is 0 Å². The number of hydrogen-bond acceptors (Lipinski definition) is 5. The van der Waals surface area contributed by atoms with E-state index in [1.54, 1.807) is 50.2 Å². The number of carbonyl (C=O) groups excluding carboxylic acids is 2. The van der Waals surface area contributed by atoms with Gasteiger partial charge in [-0.2, -0.15) is 13.2 Å². The second kappa shape index (κ2) is 12.1. The average molecular weight is 589 g/mol. The number of halogens is 4. The van der Waals surface area contributed by atoms with Gasteiger partial charge in [0.05, 0.1) is 11.5 Å². The first-order valence-electron chi connectivity index (χ1n) is 11.0. The van der Waals surface area contributed by atoms with Crippen LogP contribution in [0, 0.1) is 5.41 Å². The SMILES string of the molecule is CC(C)OC(=O)[C@](CC(C)(C)C(F)(F)F)(NC(=S)NC(=O)OCc1ccccc1)c1ccc(Br)cc1. The third-order valence-electron chi connectivity index (χ3n) is 5.26. The lowest BCUT2D eigenvalue weighted by Gasteiger charge is -2.40. The van der Waals surface area contributed by atoms with Crippen molar-refractivity contribution in [3.8, 4) is 0 Å². The molecule has 0 aromatic heterocycles. The molecular weight excluding hydrogens is 561 g/mol. The summed E-state index contributed by atoms with van der Waals surface area (Å²) in [4.78, 5) is 25.8. The summed E-state index contributed by atoms with van der Waals surface area (Å²) in [6.45, 7) is 5.07. The van der Waals surface area contributed by atoms with Crippen LogP contribution < -0.4 is 10.6 Å². The minimum Gasteiger partial charge on any atom is -0.461 e. The molecule has 0 saturated heterocycles. The van der Waals surface area contributed by atoms with Gasteiger partial charge in [-0.15, -0.1) is 0 Å². The zero-order chi connectivity index (χ0) is 27.1. The number of hydrogen-bond donors (Lipinski definition) is 2. The lowest BCUT2D eigenvalue weighted by atomic mass is 9.74. The summed E-state index contributed by atoms with van der Waals surface area (Å²) in [5.74, 6) is -0.973. The van der Waals surface area contributed by atoms with Crippen molar-refractivity contribution < 1.29 is 32.2 Å². The molecule has 1 atom stereocenters. The van der Waals surface area contributed by atoms with Crippen molar-refractivity contribution in [3.63, 3.8) is 0 Å². The average Bonchev–Trinajstić information content (AvgIpc) is 2.77. The van der Waals surface area contributed by atoms with Gasteiger partial charge in [0.1, 0.15) is 6.61 Å². The Morgan fingerprint density at radius 1 is 1.03 bits per heavy atom. The van der Waals surface area contributed by atoms with E-state index in [-0.39, 0.29) is 12.2 Å². The maximum Gasteiger partial charge on any atom is 0.413 e. The molecule has 0 aliphatic carbocycles. The molecular formula is C25H28BrF3N2O4S. The van der Waals surface area contributed by atoms with Crippen LogP contribution in [0.1, 0.15) is 45.2 Å². The van der Waals surface area contributed by atoms with Crippen LogP contribution in [0.15, 0.2) is 59.1 Å². The molecule has 0 unspecified atom stereocenters. The molecule has 11 heteroatoms. The van der Waals surface area contributed by atoms with Crippen molar-refractivity contribution in [1.82, 2.24) is 10.6 Å². The number of esters is 1. The minimum atomic E-state index is -4.66. The van der Waals surface area contributed by atoms with Crippen LogP contribution in [0.3, 0.4) is 0 Å². The van der Waals surface area contributed by atoms with Crippen LogP contribution in [-0.4, -0.2) is 29.5 Å². The van der Waals surface area contributed by atoms with Crippen LogP contribution in [0.4, 0.5) is 18.0 Å². The van der Waals surface area contributed by atoms with E-state index in [1.165, 1.54) is 12.1 Å².